The van der Waals surface area contributed by atoms with E-state index in [2.05, 4.69) is 30.3 Å². The van der Waals surface area contributed by atoms with Crippen molar-refractivity contribution in [1.82, 2.24) is 4.42 Å². The largest absolute Gasteiger partial charge is 0.508 e. The second-order valence-corrected chi connectivity index (χ2v) is 10.3. The number of benzene rings is 5. The average molecular weight is 551 g/mol. The number of aryl methyl sites for hydroxylation is 1. The van der Waals surface area contributed by atoms with Gasteiger partial charge in [0.2, 0.25) is 0 Å². The predicted octanol–water partition coefficient (Wildman–Crippen LogP) is 8.42. The van der Waals surface area contributed by atoms with E-state index in [0.717, 1.165) is 49.8 Å². The summed E-state index contributed by atoms with van der Waals surface area (Å²) in [7, 11) is 0. The van der Waals surface area contributed by atoms with Crippen LogP contribution in [0.15, 0.2) is 103 Å². The number of para-hydroxylation sites is 1. The smallest absolute Gasteiger partial charge is 0.339 e. The van der Waals surface area contributed by atoms with Gasteiger partial charge >= 0.3 is 6.03 Å². The molecule has 2 amide bonds. The molecule has 6 heteroatoms. The summed E-state index contributed by atoms with van der Waals surface area (Å²) in [6.45, 7) is 4.61. The maximum Gasteiger partial charge on any atom is 0.339 e. The highest BCUT2D eigenvalue weighted by Gasteiger charge is 2.22. The SMILES string of the molecule is CCN(Cl)C(=O)N(Cc1ccc(Cc2c(-c3ccc(O)cc3)ccc3cc(O)ccc23)cc1)c1ccccc1C. The molecule has 0 unspecified atom stereocenters. The van der Waals surface area contributed by atoms with Crippen LogP contribution in [0.1, 0.15) is 29.2 Å². The fourth-order valence-corrected chi connectivity index (χ4v) is 5.11. The molecule has 0 aromatic heterocycles. The second-order valence-electron chi connectivity index (χ2n) is 9.87. The Bertz CT molecular complexity index is 1650. The molecule has 0 radical (unpaired) electrons. The van der Waals surface area contributed by atoms with E-state index in [9.17, 15) is 15.0 Å². The van der Waals surface area contributed by atoms with Crippen LogP contribution in [0.5, 0.6) is 11.5 Å². The number of urea groups is 1. The first-order valence-electron chi connectivity index (χ1n) is 13.3. The molecule has 40 heavy (non-hydrogen) atoms. The molecule has 5 nitrogen and oxygen atoms in total. The molecule has 5 aromatic carbocycles. The van der Waals surface area contributed by atoms with Crippen molar-refractivity contribution in [2.45, 2.75) is 26.8 Å². The first-order chi connectivity index (χ1) is 19.3. The number of amides is 2. The number of hydrogen-bond donors (Lipinski definition) is 2. The number of fused-ring (bicyclic) bond motifs is 1. The van der Waals surface area contributed by atoms with Crippen LogP contribution in [-0.2, 0) is 13.0 Å². The molecule has 0 saturated carbocycles. The minimum absolute atomic E-state index is 0.223. The minimum Gasteiger partial charge on any atom is -0.508 e. The van der Waals surface area contributed by atoms with Crippen molar-refractivity contribution in [3.63, 3.8) is 0 Å². The van der Waals surface area contributed by atoms with E-state index in [0.29, 0.717) is 19.5 Å². The van der Waals surface area contributed by atoms with Crippen molar-refractivity contribution in [2.24, 2.45) is 0 Å². The molecular weight excluding hydrogens is 520 g/mol. The van der Waals surface area contributed by atoms with Crippen molar-refractivity contribution in [2.75, 3.05) is 11.4 Å². The topological polar surface area (TPSA) is 64.0 Å². The molecule has 5 aromatic rings. The summed E-state index contributed by atoms with van der Waals surface area (Å²) in [4.78, 5) is 14.9. The molecule has 0 fully saturated rings. The summed E-state index contributed by atoms with van der Waals surface area (Å²) in [6.07, 6.45) is 0.671. The number of halogens is 1. The maximum absolute atomic E-state index is 13.2. The molecule has 2 N–H and O–H groups in total. The number of rotatable bonds is 7. The van der Waals surface area contributed by atoms with Gasteiger partial charge in [0.05, 0.1) is 6.54 Å². The molecule has 0 aliphatic heterocycles. The Hall–Kier alpha value is -4.48. The molecule has 0 bridgehead atoms. The zero-order valence-corrected chi connectivity index (χ0v) is 23.3. The van der Waals surface area contributed by atoms with Gasteiger partial charge in [-0.1, -0.05) is 72.8 Å². The van der Waals surface area contributed by atoms with Crippen molar-refractivity contribution in [1.29, 1.82) is 0 Å². The highest BCUT2D eigenvalue weighted by atomic mass is 35.5. The Labute approximate surface area is 239 Å². The molecule has 0 saturated heterocycles. The van der Waals surface area contributed by atoms with Crippen molar-refractivity contribution < 1.29 is 15.0 Å². The monoisotopic (exact) mass is 550 g/mol. The van der Waals surface area contributed by atoms with Crippen molar-refractivity contribution in [3.05, 3.63) is 125 Å². The van der Waals surface area contributed by atoms with Crippen LogP contribution in [-0.4, -0.2) is 27.2 Å². The summed E-state index contributed by atoms with van der Waals surface area (Å²) in [5.74, 6) is 0.451. The predicted molar refractivity (Wildman–Crippen MR) is 163 cm³/mol. The maximum atomic E-state index is 13.2. The van der Waals surface area contributed by atoms with Gasteiger partial charge in [0.1, 0.15) is 11.5 Å². The van der Waals surface area contributed by atoms with Gasteiger partial charge in [-0.3, -0.25) is 4.90 Å². The molecule has 0 aliphatic carbocycles. The summed E-state index contributed by atoms with van der Waals surface area (Å²) in [6, 6.07) is 32.5. The summed E-state index contributed by atoms with van der Waals surface area (Å²) in [5.41, 5.74) is 7.14. The third-order valence-corrected chi connectivity index (χ3v) is 7.54. The zero-order valence-electron chi connectivity index (χ0n) is 22.5. The van der Waals surface area contributed by atoms with Crippen LogP contribution in [0, 0.1) is 6.92 Å². The normalized spacial score (nSPS) is 11.0. The number of phenolic OH excluding ortho intramolecular Hbond substituents is 2. The zero-order chi connectivity index (χ0) is 28.2. The van der Waals surface area contributed by atoms with E-state index >= 15 is 0 Å². The van der Waals surface area contributed by atoms with E-state index in [1.807, 2.05) is 62.4 Å². The van der Waals surface area contributed by atoms with Crippen LogP contribution < -0.4 is 4.90 Å². The Kier molecular flexibility index (Phi) is 7.94. The lowest BCUT2D eigenvalue weighted by molar-refractivity contribution is 0.231. The standard InChI is InChI=1S/C34H31ClN2O3/c1-3-37(35)34(40)36(33-7-5-4-6-23(33)2)22-25-10-8-24(9-11-25)20-32-30(26-12-15-28(38)16-13-26)18-14-27-21-29(39)17-19-31(27)32/h4-19,21,38-39H,3,20,22H2,1-2H3. The van der Waals surface area contributed by atoms with Gasteiger partial charge in [0.25, 0.3) is 0 Å². The molecule has 202 valence electrons. The van der Waals surface area contributed by atoms with Gasteiger partial charge in [-0.15, -0.1) is 0 Å². The van der Waals surface area contributed by atoms with Crippen LogP contribution >= 0.6 is 11.8 Å². The summed E-state index contributed by atoms with van der Waals surface area (Å²) in [5, 5.41) is 21.9. The van der Waals surface area contributed by atoms with Gasteiger partial charge in [0.15, 0.2) is 0 Å². The first-order valence-corrected chi connectivity index (χ1v) is 13.6. The lowest BCUT2D eigenvalue weighted by atomic mass is 9.90. The second kappa shape index (κ2) is 11.7. The Morgan fingerprint density at radius 1 is 0.800 bits per heavy atom. The van der Waals surface area contributed by atoms with E-state index in [4.69, 9.17) is 11.8 Å². The third kappa shape index (κ3) is 5.75. The van der Waals surface area contributed by atoms with Gasteiger partial charge in [-0.25, -0.2) is 9.21 Å². The third-order valence-electron chi connectivity index (χ3n) is 7.16. The van der Waals surface area contributed by atoms with E-state index in [1.165, 1.54) is 4.42 Å². The number of phenols is 2. The number of carbonyl (C=O) groups excluding carboxylic acids is 1. The average Bonchev–Trinajstić information content (AvgIpc) is 2.97. The Morgan fingerprint density at radius 3 is 2.17 bits per heavy atom. The quantitative estimate of drug-likeness (QED) is 0.200. The van der Waals surface area contributed by atoms with Crippen molar-refractivity contribution in [3.8, 4) is 22.6 Å². The lowest BCUT2D eigenvalue weighted by Gasteiger charge is -2.27. The Balaban J connectivity index is 1.47. The minimum atomic E-state index is -0.264. The van der Waals surface area contributed by atoms with Gasteiger partial charge < -0.3 is 10.2 Å². The molecule has 0 aliphatic rings. The molecule has 0 spiro atoms. The molecular formula is C34H31ClN2O3. The fourth-order valence-electron chi connectivity index (χ4n) is 5.02. The van der Waals surface area contributed by atoms with Gasteiger partial charge in [0, 0.05) is 24.0 Å². The number of aromatic hydroxyl groups is 2. The number of hydrogen-bond acceptors (Lipinski definition) is 3. The van der Waals surface area contributed by atoms with E-state index in [-0.39, 0.29) is 17.5 Å². The van der Waals surface area contributed by atoms with Crippen LogP contribution in [0.3, 0.4) is 0 Å². The van der Waals surface area contributed by atoms with Crippen LogP contribution in [0.2, 0.25) is 0 Å². The number of carbonyl (C=O) groups is 1. The fraction of sp³-hybridized carbons (Fsp3) is 0.147. The summed E-state index contributed by atoms with van der Waals surface area (Å²) < 4.78 is 1.20. The summed E-state index contributed by atoms with van der Waals surface area (Å²) >= 11 is 6.24. The van der Waals surface area contributed by atoms with E-state index in [1.54, 1.807) is 29.2 Å². The molecule has 0 atom stereocenters. The molecule has 5 rings (SSSR count). The van der Waals surface area contributed by atoms with Crippen LogP contribution in [0.25, 0.3) is 21.9 Å². The van der Waals surface area contributed by atoms with Crippen molar-refractivity contribution >= 4 is 34.3 Å². The highest BCUT2D eigenvalue weighted by molar-refractivity contribution is 6.23. The first kappa shape index (κ1) is 27.1. The van der Waals surface area contributed by atoms with Gasteiger partial charge in [-0.05, 0) is 94.8 Å². The van der Waals surface area contributed by atoms with E-state index < -0.39 is 0 Å². The Morgan fingerprint density at radius 2 is 1.48 bits per heavy atom. The van der Waals surface area contributed by atoms with Crippen LogP contribution in [0.4, 0.5) is 10.5 Å². The van der Waals surface area contributed by atoms with Gasteiger partial charge in [-0.2, -0.15) is 0 Å². The molecule has 0 heterocycles. The highest BCUT2D eigenvalue weighted by Crippen LogP contribution is 2.34. The number of nitrogens with zero attached hydrogens (tertiary/aromatic N) is 2. The number of anilines is 1. The lowest BCUT2D eigenvalue weighted by Crippen LogP contribution is -2.38.